The number of hydrogen-bond acceptors (Lipinski definition) is 2. The van der Waals surface area contributed by atoms with Crippen molar-refractivity contribution < 1.29 is 9.53 Å². The van der Waals surface area contributed by atoms with Crippen molar-refractivity contribution >= 4 is 5.91 Å². The summed E-state index contributed by atoms with van der Waals surface area (Å²) in [6, 6.07) is 6.27. The topological polar surface area (TPSA) is 29.5 Å². The second kappa shape index (κ2) is 9.71. The fourth-order valence-corrected chi connectivity index (χ4v) is 2.95. The van der Waals surface area contributed by atoms with Crippen molar-refractivity contribution in [2.45, 2.75) is 67.2 Å². The fourth-order valence-electron chi connectivity index (χ4n) is 2.95. The average molecular weight is 334 g/mol. The SMILES string of the molecule is CCCN(CCC)C(=O)C(C)(C)CCCOc1cc(C)ccc1C. The van der Waals surface area contributed by atoms with Crippen LogP contribution in [0.25, 0.3) is 0 Å². The van der Waals surface area contributed by atoms with Gasteiger partial charge in [-0.15, -0.1) is 0 Å². The predicted octanol–water partition coefficient (Wildman–Crippen LogP) is 5.14. The molecule has 3 heteroatoms. The predicted molar refractivity (Wildman–Crippen MR) is 102 cm³/mol. The summed E-state index contributed by atoms with van der Waals surface area (Å²) in [6.45, 7) is 14.9. The van der Waals surface area contributed by atoms with E-state index in [2.05, 4.69) is 59.7 Å². The van der Waals surface area contributed by atoms with Gasteiger partial charge in [-0.2, -0.15) is 0 Å². The van der Waals surface area contributed by atoms with Gasteiger partial charge in [0.05, 0.1) is 6.61 Å². The molecule has 0 bridgehead atoms. The number of benzene rings is 1. The first-order valence-electron chi connectivity index (χ1n) is 9.31. The minimum Gasteiger partial charge on any atom is -0.493 e. The van der Waals surface area contributed by atoms with E-state index in [-0.39, 0.29) is 11.3 Å². The Balaban J connectivity index is 2.52. The van der Waals surface area contributed by atoms with E-state index < -0.39 is 0 Å². The molecule has 1 rings (SSSR count). The molecule has 0 aromatic heterocycles. The first-order valence-corrected chi connectivity index (χ1v) is 9.31. The van der Waals surface area contributed by atoms with E-state index in [0.717, 1.165) is 50.1 Å². The molecule has 0 atom stereocenters. The molecule has 0 aliphatic heterocycles. The number of carbonyl (C=O) groups is 1. The van der Waals surface area contributed by atoms with Gasteiger partial charge in [-0.25, -0.2) is 0 Å². The Labute approximate surface area is 148 Å². The van der Waals surface area contributed by atoms with Crippen molar-refractivity contribution in [2.24, 2.45) is 5.41 Å². The van der Waals surface area contributed by atoms with Crippen LogP contribution in [0, 0.1) is 19.3 Å². The second-order valence-corrected chi connectivity index (χ2v) is 7.40. The largest absolute Gasteiger partial charge is 0.493 e. The molecule has 0 unspecified atom stereocenters. The van der Waals surface area contributed by atoms with Crippen LogP contribution < -0.4 is 4.74 Å². The van der Waals surface area contributed by atoms with Gasteiger partial charge in [-0.3, -0.25) is 4.79 Å². The van der Waals surface area contributed by atoms with Crippen molar-refractivity contribution in [3.63, 3.8) is 0 Å². The Hall–Kier alpha value is -1.51. The highest BCUT2D eigenvalue weighted by Crippen LogP contribution is 2.26. The lowest BCUT2D eigenvalue weighted by Crippen LogP contribution is -2.42. The highest BCUT2D eigenvalue weighted by molar-refractivity contribution is 5.81. The van der Waals surface area contributed by atoms with E-state index >= 15 is 0 Å². The molecule has 0 saturated carbocycles. The smallest absolute Gasteiger partial charge is 0.228 e. The van der Waals surface area contributed by atoms with Crippen molar-refractivity contribution in [3.05, 3.63) is 29.3 Å². The number of hydrogen-bond donors (Lipinski definition) is 0. The zero-order valence-corrected chi connectivity index (χ0v) is 16.4. The Bertz CT molecular complexity index is 517. The van der Waals surface area contributed by atoms with E-state index in [0.29, 0.717) is 6.61 Å². The van der Waals surface area contributed by atoms with Gasteiger partial charge < -0.3 is 9.64 Å². The van der Waals surface area contributed by atoms with Gasteiger partial charge >= 0.3 is 0 Å². The molecule has 0 heterocycles. The normalized spacial score (nSPS) is 11.4. The summed E-state index contributed by atoms with van der Waals surface area (Å²) in [4.78, 5) is 14.8. The van der Waals surface area contributed by atoms with Crippen LogP contribution in [-0.4, -0.2) is 30.5 Å². The highest BCUT2D eigenvalue weighted by atomic mass is 16.5. The molecule has 0 fully saturated rings. The summed E-state index contributed by atoms with van der Waals surface area (Å²) in [5.41, 5.74) is 2.05. The Morgan fingerprint density at radius 1 is 1.12 bits per heavy atom. The van der Waals surface area contributed by atoms with E-state index in [4.69, 9.17) is 4.74 Å². The molecule has 0 radical (unpaired) electrons. The van der Waals surface area contributed by atoms with Crippen LogP contribution in [0.4, 0.5) is 0 Å². The Kier molecular flexibility index (Phi) is 8.30. The van der Waals surface area contributed by atoms with E-state index in [1.807, 2.05) is 4.90 Å². The molecule has 1 aromatic rings. The Morgan fingerprint density at radius 3 is 2.33 bits per heavy atom. The first kappa shape index (κ1) is 20.5. The van der Waals surface area contributed by atoms with Crippen molar-refractivity contribution in [3.8, 4) is 5.75 Å². The average Bonchev–Trinajstić information content (AvgIpc) is 2.53. The van der Waals surface area contributed by atoms with Gasteiger partial charge in [0, 0.05) is 18.5 Å². The maximum atomic E-state index is 12.8. The summed E-state index contributed by atoms with van der Waals surface area (Å²) in [5, 5.41) is 0. The third-order valence-corrected chi connectivity index (χ3v) is 4.40. The van der Waals surface area contributed by atoms with Crippen LogP contribution in [0.3, 0.4) is 0 Å². The number of carbonyl (C=O) groups excluding carboxylic acids is 1. The molecule has 0 aliphatic rings. The summed E-state index contributed by atoms with van der Waals surface area (Å²) in [6.07, 6.45) is 3.76. The zero-order chi connectivity index (χ0) is 18.2. The third kappa shape index (κ3) is 6.18. The van der Waals surface area contributed by atoms with Gasteiger partial charge in [-0.05, 0) is 56.7 Å². The molecule has 0 aliphatic carbocycles. The fraction of sp³-hybridized carbons (Fsp3) is 0.667. The van der Waals surface area contributed by atoms with Crippen molar-refractivity contribution in [1.29, 1.82) is 0 Å². The molecule has 24 heavy (non-hydrogen) atoms. The molecule has 136 valence electrons. The van der Waals surface area contributed by atoms with Gasteiger partial charge in [-0.1, -0.05) is 39.8 Å². The minimum absolute atomic E-state index is 0.276. The highest BCUT2D eigenvalue weighted by Gasteiger charge is 2.30. The molecule has 0 saturated heterocycles. The van der Waals surface area contributed by atoms with Gasteiger partial charge in [0.15, 0.2) is 0 Å². The lowest BCUT2D eigenvalue weighted by molar-refractivity contribution is -0.141. The van der Waals surface area contributed by atoms with E-state index in [9.17, 15) is 4.79 Å². The number of aryl methyl sites for hydroxylation is 2. The van der Waals surface area contributed by atoms with Gasteiger partial charge in [0.2, 0.25) is 5.91 Å². The minimum atomic E-state index is -0.324. The molecule has 3 nitrogen and oxygen atoms in total. The number of rotatable bonds is 10. The number of ether oxygens (including phenoxy) is 1. The van der Waals surface area contributed by atoms with Crippen molar-refractivity contribution in [1.82, 2.24) is 4.90 Å². The maximum absolute atomic E-state index is 12.8. The Morgan fingerprint density at radius 2 is 1.75 bits per heavy atom. The van der Waals surface area contributed by atoms with Crippen LogP contribution in [0.5, 0.6) is 5.75 Å². The monoisotopic (exact) mass is 333 g/mol. The molecule has 0 N–H and O–H groups in total. The second-order valence-electron chi connectivity index (χ2n) is 7.40. The molecule has 1 aromatic carbocycles. The third-order valence-electron chi connectivity index (χ3n) is 4.40. The van der Waals surface area contributed by atoms with Crippen LogP contribution in [-0.2, 0) is 4.79 Å². The first-order chi connectivity index (χ1) is 11.3. The number of nitrogens with zero attached hydrogens (tertiary/aromatic N) is 1. The molecular formula is C21H35NO2. The van der Waals surface area contributed by atoms with Crippen LogP contribution in [0.1, 0.15) is 64.5 Å². The summed E-state index contributed by atoms with van der Waals surface area (Å²) < 4.78 is 5.92. The number of amides is 1. The van der Waals surface area contributed by atoms with E-state index in [1.165, 1.54) is 5.56 Å². The molecular weight excluding hydrogens is 298 g/mol. The summed E-state index contributed by atoms with van der Waals surface area (Å²) in [5.74, 6) is 1.23. The lowest BCUT2D eigenvalue weighted by atomic mass is 9.86. The van der Waals surface area contributed by atoms with Crippen LogP contribution >= 0.6 is 0 Å². The quantitative estimate of drug-likeness (QED) is 0.555. The van der Waals surface area contributed by atoms with Gasteiger partial charge in [0.25, 0.3) is 0 Å². The standard InChI is InChI=1S/C21H35NO2/c1-7-13-22(14-8-2)20(23)21(5,6)12-9-15-24-19-16-17(3)10-11-18(19)4/h10-11,16H,7-9,12-15H2,1-6H3. The molecule has 0 spiro atoms. The maximum Gasteiger partial charge on any atom is 0.228 e. The summed E-state index contributed by atoms with van der Waals surface area (Å²) in [7, 11) is 0. The van der Waals surface area contributed by atoms with Crippen LogP contribution in [0.15, 0.2) is 18.2 Å². The van der Waals surface area contributed by atoms with E-state index in [1.54, 1.807) is 0 Å². The lowest BCUT2D eigenvalue weighted by Gasteiger charge is -2.32. The summed E-state index contributed by atoms with van der Waals surface area (Å²) >= 11 is 0. The van der Waals surface area contributed by atoms with Crippen molar-refractivity contribution in [2.75, 3.05) is 19.7 Å². The van der Waals surface area contributed by atoms with Crippen LogP contribution in [0.2, 0.25) is 0 Å². The zero-order valence-electron chi connectivity index (χ0n) is 16.4. The molecule has 1 amide bonds. The van der Waals surface area contributed by atoms with Gasteiger partial charge in [0.1, 0.15) is 5.75 Å².